The van der Waals surface area contributed by atoms with Crippen LogP contribution < -0.4 is 5.32 Å². The van der Waals surface area contributed by atoms with Crippen LogP contribution in [0.25, 0.3) is 0 Å². The van der Waals surface area contributed by atoms with Crippen molar-refractivity contribution in [2.45, 2.75) is 39.2 Å². The first-order chi connectivity index (χ1) is 8.56. The molecule has 1 atom stereocenters. The highest BCUT2D eigenvalue weighted by Gasteiger charge is 2.22. The molecule has 0 aliphatic carbocycles. The van der Waals surface area contributed by atoms with Crippen molar-refractivity contribution in [2.75, 3.05) is 33.2 Å². The lowest BCUT2D eigenvalue weighted by molar-refractivity contribution is -0.134. The number of nitrogens with zero attached hydrogens (tertiary/aromatic N) is 2. The van der Waals surface area contributed by atoms with Crippen molar-refractivity contribution in [3.63, 3.8) is 0 Å². The second-order valence-electron chi connectivity index (χ2n) is 4.90. The second kappa shape index (κ2) is 7.36. The van der Waals surface area contributed by atoms with Gasteiger partial charge in [0, 0.05) is 26.7 Å². The minimum Gasteiger partial charge on any atom is -0.345 e. The molecular weight excluding hydrogens is 230 g/mol. The smallest absolute Gasteiger partial charge is 0.239 e. The Morgan fingerprint density at radius 1 is 1.28 bits per heavy atom. The van der Waals surface area contributed by atoms with Crippen LogP contribution in [0.2, 0.25) is 0 Å². The molecule has 1 heterocycles. The normalized spacial score (nSPS) is 17.4. The molecule has 1 saturated heterocycles. The summed E-state index contributed by atoms with van der Waals surface area (Å²) in [6.45, 7) is 6.39. The molecule has 1 rings (SSSR count). The van der Waals surface area contributed by atoms with E-state index in [1.165, 1.54) is 6.42 Å². The molecule has 1 unspecified atom stereocenters. The Morgan fingerprint density at radius 2 is 1.89 bits per heavy atom. The topological polar surface area (TPSA) is 52.7 Å². The summed E-state index contributed by atoms with van der Waals surface area (Å²) >= 11 is 0. The molecule has 1 aliphatic heterocycles. The number of hydrogen-bond donors (Lipinski definition) is 1. The fourth-order valence-electron chi connectivity index (χ4n) is 2.03. The molecular formula is C13H25N3O2. The standard InChI is InChI=1S/C13H25N3O2/c1-4-15(3)12(17)10-14-11(2)13(18)16-8-6-5-7-9-16/h11,14H,4-10H2,1-3H3. The van der Waals surface area contributed by atoms with Crippen molar-refractivity contribution < 1.29 is 9.59 Å². The summed E-state index contributed by atoms with van der Waals surface area (Å²) in [6, 6.07) is -0.280. The zero-order valence-electron chi connectivity index (χ0n) is 11.7. The van der Waals surface area contributed by atoms with Crippen LogP contribution in [0.4, 0.5) is 0 Å². The van der Waals surface area contributed by atoms with E-state index in [0.29, 0.717) is 6.54 Å². The molecule has 104 valence electrons. The maximum Gasteiger partial charge on any atom is 0.239 e. The van der Waals surface area contributed by atoms with Crippen molar-refractivity contribution in [2.24, 2.45) is 0 Å². The van der Waals surface area contributed by atoms with Gasteiger partial charge in [-0.1, -0.05) is 0 Å². The number of carbonyl (C=O) groups excluding carboxylic acids is 2. The molecule has 2 amide bonds. The van der Waals surface area contributed by atoms with Crippen LogP contribution in [0.5, 0.6) is 0 Å². The fraction of sp³-hybridized carbons (Fsp3) is 0.846. The molecule has 0 radical (unpaired) electrons. The predicted octanol–water partition coefficient (Wildman–Crippen LogP) is 0.455. The van der Waals surface area contributed by atoms with Gasteiger partial charge in [-0.2, -0.15) is 0 Å². The van der Waals surface area contributed by atoms with Crippen LogP contribution >= 0.6 is 0 Å². The fourth-order valence-corrected chi connectivity index (χ4v) is 2.03. The zero-order chi connectivity index (χ0) is 13.5. The highest BCUT2D eigenvalue weighted by Crippen LogP contribution is 2.09. The molecule has 0 aromatic carbocycles. The molecule has 5 heteroatoms. The van der Waals surface area contributed by atoms with Gasteiger partial charge in [0.15, 0.2) is 0 Å². The SMILES string of the molecule is CCN(C)C(=O)CNC(C)C(=O)N1CCCCC1. The van der Waals surface area contributed by atoms with Gasteiger partial charge in [-0.15, -0.1) is 0 Å². The van der Waals surface area contributed by atoms with E-state index < -0.39 is 0 Å². The molecule has 0 bridgehead atoms. The molecule has 18 heavy (non-hydrogen) atoms. The number of rotatable bonds is 5. The monoisotopic (exact) mass is 255 g/mol. The van der Waals surface area contributed by atoms with Gasteiger partial charge in [-0.05, 0) is 33.1 Å². The van der Waals surface area contributed by atoms with Crippen LogP contribution in [0.15, 0.2) is 0 Å². The van der Waals surface area contributed by atoms with Crippen LogP contribution in [-0.4, -0.2) is 60.9 Å². The van der Waals surface area contributed by atoms with Gasteiger partial charge in [-0.25, -0.2) is 0 Å². The number of piperidine rings is 1. The van der Waals surface area contributed by atoms with Crippen LogP contribution in [0, 0.1) is 0 Å². The van der Waals surface area contributed by atoms with E-state index in [1.807, 2.05) is 18.7 Å². The first-order valence-corrected chi connectivity index (χ1v) is 6.82. The minimum atomic E-state index is -0.280. The van der Waals surface area contributed by atoms with Crippen molar-refractivity contribution in [1.82, 2.24) is 15.1 Å². The van der Waals surface area contributed by atoms with Crippen molar-refractivity contribution >= 4 is 11.8 Å². The van der Waals surface area contributed by atoms with E-state index in [9.17, 15) is 9.59 Å². The number of carbonyl (C=O) groups is 2. The average molecular weight is 255 g/mol. The zero-order valence-corrected chi connectivity index (χ0v) is 11.7. The molecule has 0 aromatic heterocycles. The Hall–Kier alpha value is -1.10. The summed E-state index contributed by atoms with van der Waals surface area (Å²) in [5, 5.41) is 3.01. The molecule has 0 aromatic rings. The number of hydrogen-bond acceptors (Lipinski definition) is 3. The van der Waals surface area contributed by atoms with Gasteiger partial charge in [0.1, 0.15) is 0 Å². The highest BCUT2D eigenvalue weighted by atomic mass is 16.2. The van der Waals surface area contributed by atoms with Crippen LogP contribution in [0.1, 0.15) is 33.1 Å². The largest absolute Gasteiger partial charge is 0.345 e. The Morgan fingerprint density at radius 3 is 2.44 bits per heavy atom. The van der Waals surface area contributed by atoms with E-state index in [0.717, 1.165) is 25.9 Å². The molecule has 1 fully saturated rings. The quantitative estimate of drug-likeness (QED) is 0.776. The Bertz CT molecular complexity index is 288. The lowest BCUT2D eigenvalue weighted by Gasteiger charge is -2.29. The summed E-state index contributed by atoms with van der Waals surface area (Å²) in [7, 11) is 1.77. The number of likely N-dealkylation sites (N-methyl/N-ethyl adjacent to an activating group) is 1. The van der Waals surface area contributed by atoms with Gasteiger partial charge in [-0.3, -0.25) is 14.9 Å². The van der Waals surface area contributed by atoms with Gasteiger partial charge in [0.25, 0.3) is 0 Å². The maximum atomic E-state index is 12.1. The van der Waals surface area contributed by atoms with E-state index in [4.69, 9.17) is 0 Å². The van der Waals surface area contributed by atoms with Crippen molar-refractivity contribution in [3.8, 4) is 0 Å². The Labute approximate surface area is 110 Å². The Balaban J connectivity index is 2.33. The van der Waals surface area contributed by atoms with Crippen LogP contribution in [0.3, 0.4) is 0 Å². The average Bonchev–Trinajstić information content (AvgIpc) is 2.43. The third-order valence-electron chi connectivity index (χ3n) is 3.50. The maximum absolute atomic E-state index is 12.1. The summed E-state index contributed by atoms with van der Waals surface area (Å²) in [4.78, 5) is 27.2. The predicted molar refractivity (Wildman–Crippen MR) is 71.2 cm³/mol. The van der Waals surface area contributed by atoms with E-state index in [2.05, 4.69) is 5.32 Å². The van der Waals surface area contributed by atoms with Gasteiger partial charge in [0.2, 0.25) is 11.8 Å². The van der Waals surface area contributed by atoms with E-state index in [1.54, 1.807) is 11.9 Å². The third-order valence-corrected chi connectivity index (χ3v) is 3.50. The summed E-state index contributed by atoms with van der Waals surface area (Å²) in [5.74, 6) is 0.137. The minimum absolute atomic E-state index is 0.0239. The first-order valence-electron chi connectivity index (χ1n) is 6.82. The van der Waals surface area contributed by atoms with E-state index >= 15 is 0 Å². The summed E-state index contributed by atoms with van der Waals surface area (Å²) in [5.41, 5.74) is 0. The van der Waals surface area contributed by atoms with Gasteiger partial charge in [0.05, 0.1) is 12.6 Å². The highest BCUT2D eigenvalue weighted by molar-refractivity contribution is 5.83. The number of nitrogens with one attached hydrogen (secondary N) is 1. The van der Waals surface area contributed by atoms with E-state index in [-0.39, 0.29) is 24.4 Å². The lowest BCUT2D eigenvalue weighted by atomic mass is 10.1. The number of amides is 2. The summed E-state index contributed by atoms with van der Waals surface area (Å²) in [6.07, 6.45) is 3.40. The molecule has 0 saturated carbocycles. The molecule has 5 nitrogen and oxygen atoms in total. The molecule has 1 N–H and O–H groups in total. The first kappa shape index (κ1) is 15.0. The van der Waals surface area contributed by atoms with Crippen molar-refractivity contribution in [1.29, 1.82) is 0 Å². The van der Waals surface area contributed by atoms with Crippen LogP contribution in [-0.2, 0) is 9.59 Å². The second-order valence-corrected chi connectivity index (χ2v) is 4.90. The number of likely N-dealkylation sites (tertiary alicyclic amines) is 1. The third kappa shape index (κ3) is 4.29. The summed E-state index contributed by atoms with van der Waals surface area (Å²) < 4.78 is 0. The van der Waals surface area contributed by atoms with Crippen molar-refractivity contribution in [3.05, 3.63) is 0 Å². The Kier molecular flexibility index (Phi) is 6.12. The molecule has 1 aliphatic rings. The lowest BCUT2D eigenvalue weighted by Crippen LogP contribution is -2.49. The van der Waals surface area contributed by atoms with Gasteiger partial charge < -0.3 is 9.80 Å². The van der Waals surface area contributed by atoms with Gasteiger partial charge >= 0.3 is 0 Å². The molecule has 0 spiro atoms.